The minimum absolute atomic E-state index is 0.0604. The summed E-state index contributed by atoms with van der Waals surface area (Å²) in [5.41, 5.74) is 1.31. The van der Waals surface area contributed by atoms with E-state index in [2.05, 4.69) is 11.4 Å². The van der Waals surface area contributed by atoms with E-state index in [4.69, 9.17) is 14.2 Å². The number of fused-ring (bicyclic) bond motifs is 1. The molecule has 1 amide bonds. The van der Waals surface area contributed by atoms with Crippen LogP contribution in [0.15, 0.2) is 48.5 Å². The van der Waals surface area contributed by atoms with Crippen molar-refractivity contribution in [2.24, 2.45) is 10.8 Å². The molecule has 0 saturated carbocycles. The molecular weight excluding hydrogens is 494 g/mol. The minimum atomic E-state index is -0.779. The summed E-state index contributed by atoms with van der Waals surface area (Å²) < 4.78 is 17.2. The van der Waals surface area contributed by atoms with Gasteiger partial charge >= 0.3 is 18.0 Å². The maximum atomic E-state index is 13.1. The molecule has 1 atom stereocenters. The van der Waals surface area contributed by atoms with Crippen LogP contribution in [0.25, 0.3) is 5.57 Å². The maximum Gasteiger partial charge on any atom is 0.407 e. The van der Waals surface area contributed by atoms with Gasteiger partial charge in [-0.3, -0.25) is 9.59 Å². The molecule has 0 aliphatic heterocycles. The highest BCUT2D eigenvalue weighted by Gasteiger charge is 2.33. The molecule has 0 spiro atoms. The van der Waals surface area contributed by atoms with Crippen molar-refractivity contribution in [3.05, 3.63) is 65.2 Å². The van der Waals surface area contributed by atoms with Gasteiger partial charge in [0.2, 0.25) is 0 Å². The lowest BCUT2D eigenvalue weighted by atomic mass is 9.80. The molecule has 7 nitrogen and oxygen atoms in total. The van der Waals surface area contributed by atoms with E-state index < -0.39 is 34.5 Å². The molecule has 3 rings (SSSR count). The third kappa shape index (κ3) is 7.94. The number of ether oxygens (including phenoxy) is 3. The first-order valence-electron chi connectivity index (χ1n) is 13.3. The predicted octanol–water partition coefficient (Wildman–Crippen LogP) is 6.84. The Hall–Kier alpha value is -3.61. The van der Waals surface area contributed by atoms with E-state index in [0.29, 0.717) is 6.42 Å². The Bertz CT molecular complexity index is 1260. The Morgan fingerprint density at radius 3 is 1.97 bits per heavy atom. The van der Waals surface area contributed by atoms with Crippen molar-refractivity contribution in [3.8, 4) is 11.5 Å². The highest BCUT2D eigenvalue weighted by Crippen LogP contribution is 2.44. The largest absolute Gasteiger partial charge is 0.444 e. The topological polar surface area (TPSA) is 90.9 Å². The second-order valence-electron chi connectivity index (χ2n) is 13.0. The first kappa shape index (κ1) is 29.9. The maximum absolute atomic E-state index is 13.1. The van der Waals surface area contributed by atoms with Crippen molar-refractivity contribution in [3.63, 3.8) is 0 Å². The Morgan fingerprint density at radius 1 is 0.821 bits per heavy atom. The number of benzene rings is 2. The van der Waals surface area contributed by atoms with Crippen LogP contribution >= 0.6 is 0 Å². The number of rotatable bonds is 5. The first-order valence-corrected chi connectivity index (χ1v) is 13.3. The van der Waals surface area contributed by atoms with Gasteiger partial charge in [0.25, 0.3) is 0 Å². The van der Waals surface area contributed by atoms with Crippen LogP contribution in [0.3, 0.4) is 0 Å². The molecule has 2 aromatic rings. The van der Waals surface area contributed by atoms with Gasteiger partial charge < -0.3 is 19.5 Å². The SMILES string of the molecule is CC(C)(C)OC(=O)NCC1=CC(c2ccccc2)Cc2c1ccc(OC(=O)C(C)(C)C)c2OC(=O)C(C)(C)C. The highest BCUT2D eigenvalue weighted by atomic mass is 16.6. The van der Waals surface area contributed by atoms with Gasteiger partial charge in [-0.2, -0.15) is 0 Å². The molecule has 1 N–H and O–H groups in total. The molecule has 2 aromatic carbocycles. The van der Waals surface area contributed by atoms with E-state index >= 15 is 0 Å². The Kier molecular flexibility index (Phi) is 8.63. The number of hydrogen-bond donors (Lipinski definition) is 1. The average Bonchev–Trinajstić information content (AvgIpc) is 2.81. The second-order valence-corrected chi connectivity index (χ2v) is 13.0. The second kappa shape index (κ2) is 11.2. The molecule has 0 saturated heterocycles. The Morgan fingerprint density at radius 2 is 1.41 bits per heavy atom. The van der Waals surface area contributed by atoms with Crippen LogP contribution in [0.5, 0.6) is 11.5 Å². The summed E-state index contributed by atoms with van der Waals surface area (Å²) in [5.74, 6) is -0.514. The van der Waals surface area contributed by atoms with E-state index in [9.17, 15) is 14.4 Å². The summed E-state index contributed by atoms with van der Waals surface area (Å²) in [6.45, 7) is 16.3. The third-order valence-electron chi connectivity index (χ3n) is 6.07. The van der Waals surface area contributed by atoms with Gasteiger partial charge in [0.05, 0.1) is 10.8 Å². The van der Waals surface area contributed by atoms with E-state index in [1.807, 2.05) is 57.2 Å². The predicted molar refractivity (Wildman–Crippen MR) is 152 cm³/mol. The number of carbonyl (C=O) groups excluding carboxylic acids is 3. The number of nitrogens with one attached hydrogen (secondary N) is 1. The van der Waals surface area contributed by atoms with Crippen molar-refractivity contribution >= 4 is 23.6 Å². The van der Waals surface area contributed by atoms with E-state index in [0.717, 1.165) is 22.3 Å². The first-order chi connectivity index (χ1) is 18.0. The standard InChI is InChI=1S/C32H41NO6/c1-30(2,3)27(34)37-25-16-15-23-22(19-33-29(36)39-32(7,8)9)17-21(20-13-11-10-12-14-20)18-24(23)26(25)38-28(35)31(4,5)6/h10-17,21H,18-19H2,1-9H3,(H,33,36). The number of amides is 1. The molecule has 210 valence electrons. The quantitative estimate of drug-likeness (QED) is 0.333. The summed E-state index contributed by atoms with van der Waals surface area (Å²) in [5, 5.41) is 2.85. The van der Waals surface area contributed by atoms with Gasteiger partial charge in [0, 0.05) is 18.0 Å². The lowest BCUT2D eigenvalue weighted by molar-refractivity contribution is -0.145. The average molecular weight is 536 g/mol. The summed E-state index contributed by atoms with van der Waals surface area (Å²) >= 11 is 0. The van der Waals surface area contributed by atoms with Crippen molar-refractivity contribution in [2.75, 3.05) is 6.54 Å². The number of alkyl carbamates (subject to hydrolysis) is 1. The molecule has 0 radical (unpaired) electrons. The fourth-order valence-electron chi connectivity index (χ4n) is 3.96. The van der Waals surface area contributed by atoms with Crippen molar-refractivity contribution in [1.82, 2.24) is 5.32 Å². The minimum Gasteiger partial charge on any atom is -0.444 e. The van der Waals surface area contributed by atoms with Crippen LogP contribution in [0.1, 0.15) is 84.9 Å². The number of esters is 2. The van der Waals surface area contributed by atoms with Gasteiger partial charge in [0.1, 0.15) is 5.60 Å². The van der Waals surface area contributed by atoms with Gasteiger partial charge in [-0.05, 0) is 91.5 Å². The molecule has 39 heavy (non-hydrogen) atoms. The summed E-state index contributed by atoms with van der Waals surface area (Å²) in [6, 6.07) is 13.5. The van der Waals surface area contributed by atoms with Gasteiger partial charge in [-0.25, -0.2) is 4.79 Å². The van der Waals surface area contributed by atoms with E-state index in [1.165, 1.54) is 0 Å². The zero-order chi connectivity index (χ0) is 29.2. The molecule has 1 aliphatic rings. The Labute approximate surface area is 231 Å². The monoisotopic (exact) mass is 535 g/mol. The molecule has 0 fully saturated rings. The zero-order valence-corrected chi connectivity index (χ0v) is 24.6. The van der Waals surface area contributed by atoms with Crippen molar-refractivity contribution in [2.45, 2.75) is 80.3 Å². The normalized spacial score (nSPS) is 15.5. The van der Waals surface area contributed by atoms with E-state index in [-0.39, 0.29) is 24.0 Å². The van der Waals surface area contributed by atoms with Gasteiger partial charge in [-0.1, -0.05) is 42.5 Å². The van der Waals surface area contributed by atoms with Crippen LogP contribution in [-0.2, 0) is 20.7 Å². The fraction of sp³-hybridized carbons (Fsp3) is 0.469. The highest BCUT2D eigenvalue weighted by molar-refractivity contribution is 5.85. The van der Waals surface area contributed by atoms with Crippen LogP contribution in [-0.4, -0.2) is 30.2 Å². The lowest BCUT2D eigenvalue weighted by Crippen LogP contribution is -2.34. The van der Waals surface area contributed by atoms with Crippen LogP contribution in [0.4, 0.5) is 4.79 Å². The molecule has 1 unspecified atom stereocenters. The summed E-state index contributed by atoms with van der Waals surface area (Å²) in [6.07, 6.45) is 2.11. The smallest absolute Gasteiger partial charge is 0.407 e. The number of hydrogen-bond acceptors (Lipinski definition) is 6. The molecule has 0 heterocycles. The lowest BCUT2D eigenvalue weighted by Gasteiger charge is -2.29. The number of carbonyl (C=O) groups is 3. The Balaban J connectivity index is 2.12. The molecular formula is C32H41NO6. The molecule has 7 heteroatoms. The van der Waals surface area contributed by atoms with E-state index in [1.54, 1.807) is 47.6 Å². The summed E-state index contributed by atoms with van der Waals surface area (Å²) in [4.78, 5) is 38.4. The van der Waals surface area contributed by atoms with Gasteiger partial charge in [-0.15, -0.1) is 0 Å². The van der Waals surface area contributed by atoms with Crippen molar-refractivity contribution in [1.29, 1.82) is 0 Å². The zero-order valence-electron chi connectivity index (χ0n) is 24.6. The number of allylic oxidation sites excluding steroid dienone is 1. The fourth-order valence-corrected chi connectivity index (χ4v) is 3.96. The molecule has 0 bridgehead atoms. The van der Waals surface area contributed by atoms with Crippen molar-refractivity contribution < 1.29 is 28.6 Å². The molecule has 1 aliphatic carbocycles. The van der Waals surface area contributed by atoms with Crippen LogP contribution < -0.4 is 14.8 Å². The van der Waals surface area contributed by atoms with Crippen LogP contribution in [0, 0.1) is 10.8 Å². The van der Waals surface area contributed by atoms with Gasteiger partial charge in [0.15, 0.2) is 11.5 Å². The third-order valence-corrected chi connectivity index (χ3v) is 6.07. The molecule has 0 aromatic heterocycles. The van der Waals surface area contributed by atoms with Crippen LogP contribution in [0.2, 0.25) is 0 Å². The summed E-state index contributed by atoms with van der Waals surface area (Å²) in [7, 11) is 0.